The highest BCUT2D eigenvalue weighted by molar-refractivity contribution is 5.91. The molecular formula is C15H16O3. The van der Waals surface area contributed by atoms with Crippen molar-refractivity contribution in [3.05, 3.63) is 41.5 Å². The van der Waals surface area contributed by atoms with E-state index in [0.717, 1.165) is 17.6 Å². The monoisotopic (exact) mass is 244 g/mol. The third-order valence-corrected chi connectivity index (χ3v) is 2.99. The first-order valence-corrected chi connectivity index (χ1v) is 6.19. The van der Waals surface area contributed by atoms with E-state index in [9.17, 15) is 9.59 Å². The van der Waals surface area contributed by atoms with Crippen molar-refractivity contribution in [1.82, 2.24) is 0 Å². The summed E-state index contributed by atoms with van der Waals surface area (Å²) in [4.78, 5) is 22.8. The Hall–Kier alpha value is -1.90. The molecule has 3 heteroatoms. The Morgan fingerprint density at radius 1 is 1.33 bits per heavy atom. The van der Waals surface area contributed by atoms with Crippen molar-refractivity contribution in [3.8, 4) is 0 Å². The fourth-order valence-corrected chi connectivity index (χ4v) is 2.04. The molecule has 94 valence electrons. The van der Waals surface area contributed by atoms with Crippen molar-refractivity contribution < 1.29 is 14.3 Å². The van der Waals surface area contributed by atoms with Gasteiger partial charge in [-0.3, -0.25) is 4.79 Å². The second kappa shape index (κ2) is 5.63. The lowest BCUT2D eigenvalue weighted by Gasteiger charge is -2.13. The summed E-state index contributed by atoms with van der Waals surface area (Å²) >= 11 is 0. The second-order valence-corrected chi connectivity index (χ2v) is 4.27. The number of ketones is 1. The van der Waals surface area contributed by atoms with E-state index in [4.69, 9.17) is 4.74 Å². The number of hydrogen-bond acceptors (Lipinski definition) is 3. The standard InChI is InChI=1S/C15H16O3/c1-2-18-15(17)13-5-3-4-12(10-13)11-6-8-14(16)9-7-11/h3-6,10H,2,7-9H2,1H3. The number of carbonyl (C=O) groups excluding carboxylic acids is 2. The summed E-state index contributed by atoms with van der Waals surface area (Å²) in [6.07, 6.45) is 3.80. The molecule has 2 rings (SSSR count). The Balaban J connectivity index is 2.22. The molecule has 0 fully saturated rings. The van der Waals surface area contributed by atoms with Crippen LogP contribution < -0.4 is 0 Å². The smallest absolute Gasteiger partial charge is 0.338 e. The predicted molar refractivity (Wildman–Crippen MR) is 69.2 cm³/mol. The van der Waals surface area contributed by atoms with Crippen LogP contribution in [-0.4, -0.2) is 18.4 Å². The fraction of sp³-hybridized carbons (Fsp3) is 0.333. The van der Waals surface area contributed by atoms with Crippen molar-refractivity contribution in [2.24, 2.45) is 0 Å². The summed E-state index contributed by atoms with van der Waals surface area (Å²) in [6, 6.07) is 7.39. The molecule has 0 aromatic heterocycles. The molecule has 0 saturated carbocycles. The average Bonchev–Trinajstić information content (AvgIpc) is 2.40. The van der Waals surface area contributed by atoms with Crippen molar-refractivity contribution in [2.75, 3.05) is 6.61 Å². The van der Waals surface area contributed by atoms with E-state index in [1.807, 2.05) is 24.3 Å². The van der Waals surface area contributed by atoms with Crippen LogP contribution in [0.4, 0.5) is 0 Å². The zero-order valence-corrected chi connectivity index (χ0v) is 10.4. The molecule has 18 heavy (non-hydrogen) atoms. The maximum atomic E-state index is 11.6. The molecule has 0 heterocycles. The minimum absolute atomic E-state index is 0.278. The van der Waals surface area contributed by atoms with Gasteiger partial charge in [0.1, 0.15) is 5.78 Å². The van der Waals surface area contributed by atoms with E-state index >= 15 is 0 Å². The summed E-state index contributed by atoms with van der Waals surface area (Å²) < 4.78 is 4.97. The van der Waals surface area contributed by atoms with Crippen molar-refractivity contribution in [1.29, 1.82) is 0 Å². The SMILES string of the molecule is CCOC(=O)c1cccc(C2=CCC(=O)CC2)c1. The maximum absolute atomic E-state index is 11.6. The van der Waals surface area contributed by atoms with Gasteiger partial charge in [-0.25, -0.2) is 4.79 Å². The Bertz CT molecular complexity index is 500. The van der Waals surface area contributed by atoms with Gasteiger partial charge in [0.2, 0.25) is 0 Å². The van der Waals surface area contributed by atoms with Gasteiger partial charge in [-0.05, 0) is 36.6 Å². The predicted octanol–water partition coefficient (Wildman–Crippen LogP) is 3.00. The number of rotatable bonds is 3. The first-order valence-electron chi connectivity index (χ1n) is 6.19. The minimum Gasteiger partial charge on any atom is -0.462 e. The van der Waals surface area contributed by atoms with Gasteiger partial charge in [0, 0.05) is 12.8 Å². The summed E-state index contributed by atoms with van der Waals surface area (Å²) in [6.45, 7) is 2.16. The van der Waals surface area contributed by atoms with Gasteiger partial charge in [-0.15, -0.1) is 0 Å². The summed E-state index contributed by atoms with van der Waals surface area (Å²) in [5.74, 6) is -0.0212. The van der Waals surface area contributed by atoms with Crippen LogP contribution in [0.1, 0.15) is 42.1 Å². The molecule has 0 atom stereocenters. The van der Waals surface area contributed by atoms with Crippen molar-refractivity contribution >= 4 is 17.3 Å². The molecule has 0 spiro atoms. The Morgan fingerprint density at radius 3 is 2.83 bits per heavy atom. The minimum atomic E-state index is -0.299. The van der Waals surface area contributed by atoms with Crippen LogP contribution in [-0.2, 0) is 9.53 Å². The number of ether oxygens (including phenoxy) is 1. The number of hydrogen-bond donors (Lipinski definition) is 0. The van der Waals surface area contributed by atoms with Crippen LogP contribution in [0, 0.1) is 0 Å². The number of allylic oxidation sites excluding steroid dienone is 2. The summed E-state index contributed by atoms with van der Waals surface area (Å²) in [7, 11) is 0. The average molecular weight is 244 g/mol. The number of Topliss-reactive ketones (excluding diaryl/α,β-unsaturated/α-hetero) is 1. The zero-order valence-electron chi connectivity index (χ0n) is 10.4. The molecule has 0 bridgehead atoms. The van der Waals surface area contributed by atoms with Crippen LogP contribution in [0.5, 0.6) is 0 Å². The summed E-state index contributed by atoms with van der Waals surface area (Å²) in [5, 5.41) is 0. The number of benzene rings is 1. The van der Waals surface area contributed by atoms with Crippen LogP contribution in [0.25, 0.3) is 5.57 Å². The number of carbonyl (C=O) groups is 2. The first-order chi connectivity index (χ1) is 8.70. The summed E-state index contributed by atoms with van der Waals surface area (Å²) in [5.41, 5.74) is 2.71. The van der Waals surface area contributed by atoms with E-state index in [2.05, 4.69) is 0 Å². The second-order valence-electron chi connectivity index (χ2n) is 4.27. The van der Waals surface area contributed by atoms with E-state index in [1.165, 1.54) is 0 Å². The quantitative estimate of drug-likeness (QED) is 0.768. The van der Waals surface area contributed by atoms with Gasteiger partial charge in [-0.1, -0.05) is 18.2 Å². The number of esters is 1. The molecule has 1 aromatic rings. The molecule has 0 amide bonds. The van der Waals surface area contributed by atoms with Gasteiger partial charge in [0.25, 0.3) is 0 Å². The molecule has 3 nitrogen and oxygen atoms in total. The Kier molecular flexibility index (Phi) is 3.92. The van der Waals surface area contributed by atoms with Gasteiger partial charge < -0.3 is 4.74 Å². The molecule has 0 aliphatic heterocycles. The lowest BCUT2D eigenvalue weighted by Crippen LogP contribution is -2.06. The topological polar surface area (TPSA) is 43.4 Å². The highest BCUT2D eigenvalue weighted by atomic mass is 16.5. The van der Waals surface area contributed by atoms with Crippen molar-refractivity contribution in [3.63, 3.8) is 0 Å². The van der Waals surface area contributed by atoms with Gasteiger partial charge in [-0.2, -0.15) is 0 Å². The molecule has 1 aliphatic rings. The molecule has 1 aliphatic carbocycles. The van der Waals surface area contributed by atoms with E-state index in [0.29, 0.717) is 25.0 Å². The Labute approximate surface area is 106 Å². The molecule has 0 N–H and O–H groups in total. The third-order valence-electron chi connectivity index (χ3n) is 2.99. The molecule has 0 radical (unpaired) electrons. The molecule has 1 aromatic carbocycles. The molecule has 0 saturated heterocycles. The van der Waals surface area contributed by atoms with Gasteiger partial charge >= 0.3 is 5.97 Å². The molecule has 0 unspecified atom stereocenters. The van der Waals surface area contributed by atoms with Crippen LogP contribution >= 0.6 is 0 Å². The molecular weight excluding hydrogens is 228 g/mol. The van der Waals surface area contributed by atoms with E-state index in [-0.39, 0.29) is 11.8 Å². The fourth-order valence-electron chi connectivity index (χ4n) is 2.04. The van der Waals surface area contributed by atoms with Gasteiger partial charge in [0.05, 0.1) is 12.2 Å². The van der Waals surface area contributed by atoms with Gasteiger partial charge in [0.15, 0.2) is 0 Å². The van der Waals surface area contributed by atoms with Crippen molar-refractivity contribution in [2.45, 2.75) is 26.2 Å². The lowest BCUT2D eigenvalue weighted by molar-refractivity contribution is -0.118. The highest BCUT2D eigenvalue weighted by Gasteiger charge is 2.13. The Morgan fingerprint density at radius 2 is 2.17 bits per heavy atom. The maximum Gasteiger partial charge on any atom is 0.338 e. The zero-order chi connectivity index (χ0) is 13.0. The first kappa shape index (κ1) is 12.6. The normalized spacial score (nSPS) is 15.2. The third kappa shape index (κ3) is 2.86. The van der Waals surface area contributed by atoms with E-state index < -0.39 is 0 Å². The largest absolute Gasteiger partial charge is 0.462 e. The van der Waals surface area contributed by atoms with Crippen LogP contribution in [0.3, 0.4) is 0 Å². The highest BCUT2D eigenvalue weighted by Crippen LogP contribution is 2.25. The van der Waals surface area contributed by atoms with Crippen LogP contribution in [0.15, 0.2) is 30.3 Å². The lowest BCUT2D eigenvalue weighted by atomic mass is 9.92. The van der Waals surface area contributed by atoms with Crippen LogP contribution in [0.2, 0.25) is 0 Å². The van der Waals surface area contributed by atoms with E-state index in [1.54, 1.807) is 13.0 Å².